The zero-order valence-electron chi connectivity index (χ0n) is 10.7. The van der Waals surface area contributed by atoms with Gasteiger partial charge in [0.15, 0.2) is 0 Å². The summed E-state index contributed by atoms with van der Waals surface area (Å²) >= 11 is 1.82. The van der Waals surface area contributed by atoms with Gasteiger partial charge in [-0.15, -0.1) is 11.3 Å². The van der Waals surface area contributed by atoms with Crippen molar-refractivity contribution in [2.45, 2.75) is 57.7 Å². The minimum absolute atomic E-state index is 0.0996. The first kappa shape index (κ1) is 13.1. The van der Waals surface area contributed by atoms with Crippen LogP contribution in [0.4, 0.5) is 0 Å². The van der Waals surface area contributed by atoms with Crippen molar-refractivity contribution in [3.8, 4) is 0 Å². The van der Waals surface area contributed by atoms with Crippen LogP contribution in [0.2, 0.25) is 0 Å². The van der Waals surface area contributed by atoms with Crippen molar-refractivity contribution in [1.82, 2.24) is 5.32 Å². The Balaban J connectivity index is 1.98. The van der Waals surface area contributed by atoms with Crippen LogP contribution < -0.4 is 5.32 Å². The zero-order chi connectivity index (χ0) is 12.3. The van der Waals surface area contributed by atoms with Gasteiger partial charge in [0.05, 0.1) is 6.10 Å². The van der Waals surface area contributed by atoms with Gasteiger partial charge in [-0.05, 0) is 43.0 Å². The molecule has 2 rings (SSSR count). The number of nitrogens with one attached hydrogen (secondary N) is 1. The minimum Gasteiger partial charge on any atom is -0.393 e. The van der Waals surface area contributed by atoms with Gasteiger partial charge in [-0.3, -0.25) is 0 Å². The van der Waals surface area contributed by atoms with E-state index in [4.69, 9.17) is 0 Å². The molecule has 1 aromatic heterocycles. The van der Waals surface area contributed by atoms with E-state index < -0.39 is 0 Å². The van der Waals surface area contributed by atoms with Crippen LogP contribution in [0.1, 0.15) is 50.4 Å². The number of aliphatic hydroxyl groups excluding tert-OH is 1. The molecule has 1 aliphatic rings. The van der Waals surface area contributed by atoms with Crippen LogP contribution in [-0.2, 0) is 0 Å². The van der Waals surface area contributed by atoms with Crippen LogP contribution in [-0.4, -0.2) is 17.3 Å². The van der Waals surface area contributed by atoms with Crippen molar-refractivity contribution < 1.29 is 5.11 Å². The summed E-state index contributed by atoms with van der Waals surface area (Å²) in [5, 5.41) is 15.6. The Morgan fingerprint density at radius 2 is 2.24 bits per heavy atom. The molecule has 0 spiro atoms. The van der Waals surface area contributed by atoms with Crippen molar-refractivity contribution in [3.05, 3.63) is 22.4 Å². The molecule has 96 valence electrons. The van der Waals surface area contributed by atoms with Crippen molar-refractivity contribution in [2.24, 2.45) is 5.92 Å². The third-order valence-corrected chi connectivity index (χ3v) is 4.53. The highest BCUT2D eigenvalue weighted by Gasteiger charge is 2.25. The summed E-state index contributed by atoms with van der Waals surface area (Å²) in [4.78, 5) is 1.42. The average Bonchev–Trinajstić information content (AvgIpc) is 2.78. The van der Waals surface area contributed by atoms with Gasteiger partial charge in [0.1, 0.15) is 0 Å². The molecule has 0 amide bonds. The first-order valence-corrected chi connectivity index (χ1v) is 7.52. The Hall–Kier alpha value is -0.380. The van der Waals surface area contributed by atoms with Gasteiger partial charge in [-0.2, -0.15) is 0 Å². The quantitative estimate of drug-likeness (QED) is 0.862. The van der Waals surface area contributed by atoms with E-state index in [1.165, 1.54) is 11.3 Å². The molecule has 3 heteroatoms. The Labute approximate surface area is 108 Å². The van der Waals surface area contributed by atoms with E-state index in [0.717, 1.165) is 19.3 Å². The lowest BCUT2D eigenvalue weighted by Crippen LogP contribution is -2.39. The number of thiophene rings is 1. The maximum Gasteiger partial charge on any atom is 0.0555 e. The van der Waals surface area contributed by atoms with Crippen LogP contribution >= 0.6 is 11.3 Å². The van der Waals surface area contributed by atoms with E-state index in [0.29, 0.717) is 18.0 Å². The molecule has 1 aliphatic carbocycles. The fourth-order valence-electron chi connectivity index (χ4n) is 2.64. The summed E-state index contributed by atoms with van der Waals surface area (Å²) < 4.78 is 0. The lowest BCUT2D eigenvalue weighted by molar-refractivity contribution is 0.106. The fraction of sp³-hybridized carbons (Fsp3) is 0.714. The molecular formula is C14H23NOS. The van der Waals surface area contributed by atoms with Crippen LogP contribution in [0, 0.1) is 5.92 Å². The molecule has 1 aromatic rings. The highest BCUT2D eigenvalue weighted by molar-refractivity contribution is 7.10. The Morgan fingerprint density at radius 3 is 2.82 bits per heavy atom. The van der Waals surface area contributed by atoms with Gasteiger partial charge in [0, 0.05) is 17.0 Å². The van der Waals surface area contributed by atoms with Gasteiger partial charge in [-0.1, -0.05) is 19.9 Å². The second-order valence-electron chi connectivity index (χ2n) is 5.42. The summed E-state index contributed by atoms with van der Waals surface area (Å²) in [5.74, 6) is 0.590. The molecule has 1 saturated carbocycles. The van der Waals surface area contributed by atoms with Crippen molar-refractivity contribution in [1.29, 1.82) is 0 Å². The van der Waals surface area contributed by atoms with Gasteiger partial charge in [0.2, 0.25) is 0 Å². The van der Waals surface area contributed by atoms with Gasteiger partial charge >= 0.3 is 0 Å². The second-order valence-corrected chi connectivity index (χ2v) is 6.40. The van der Waals surface area contributed by atoms with Gasteiger partial charge in [0.25, 0.3) is 0 Å². The van der Waals surface area contributed by atoms with Crippen molar-refractivity contribution in [3.63, 3.8) is 0 Å². The first-order valence-electron chi connectivity index (χ1n) is 6.64. The van der Waals surface area contributed by atoms with E-state index in [-0.39, 0.29) is 6.10 Å². The Bertz CT molecular complexity index is 323. The summed E-state index contributed by atoms with van der Waals surface area (Å²) in [7, 11) is 0. The van der Waals surface area contributed by atoms with Crippen LogP contribution in [0.25, 0.3) is 0 Å². The Morgan fingerprint density at radius 1 is 1.41 bits per heavy atom. The minimum atomic E-state index is -0.0996. The number of hydrogen-bond donors (Lipinski definition) is 2. The molecule has 2 N–H and O–H groups in total. The summed E-state index contributed by atoms with van der Waals surface area (Å²) in [6.07, 6.45) is 4.13. The van der Waals surface area contributed by atoms with Crippen molar-refractivity contribution >= 4 is 11.3 Å². The largest absolute Gasteiger partial charge is 0.393 e. The SMILES string of the molecule is CC(C)C(NC1CCCC(O)C1)c1cccs1. The predicted octanol–water partition coefficient (Wildman–Crippen LogP) is 3.34. The molecule has 3 unspecified atom stereocenters. The predicted molar refractivity (Wildman–Crippen MR) is 73.3 cm³/mol. The van der Waals surface area contributed by atoms with Crippen LogP contribution in [0.3, 0.4) is 0 Å². The number of rotatable bonds is 4. The molecule has 0 bridgehead atoms. The fourth-order valence-corrected chi connectivity index (χ4v) is 3.60. The normalized spacial score (nSPS) is 27.3. The third-order valence-electron chi connectivity index (χ3n) is 3.58. The van der Waals surface area contributed by atoms with E-state index >= 15 is 0 Å². The molecule has 3 atom stereocenters. The maximum absolute atomic E-state index is 9.72. The standard InChI is InChI=1S/C14H23NOS/c1-10(2)14(13-7-4-8-17-13)15-11-5-3-6-12(16)9-11/h4,7-8,10-12,14-16H,3,5-6,9H2,1-2H3. The lowest BCUT2D eigenvalue weighted by Gasteiger charge is -2.32. The number of hydrogen-bond acceptors (Lipinski definition) is 3. The molecule has 1 fully saturated rings. The Kier molecular flexibility index (Phi) is 4.60. The molecule has 0 radical (unpaired) electrons. The summed E-state index contributed by atoms with van der Waals surface area (Å²) in [5.41, 5.74) is 0. The maximum atomic E-state index is 9.72. The molecule has 0 saturated heterocycles. The average molecular weight is 253 g/mol. The summed E-state index contributed by atoms with van der Waals surface area (Å²) in [6.45, 7) is 4.52. The highest BCUT2D eigenvalue weighted by Crippen LogP contribution is 2.29. The van der Waals surface area contributed by atoms with E-state index in [1.807, 2.05) is 11.3 Å². The van der Waals surface area contributed by atoms with E-state index in [1.54, 1.807) is 0 Å². The van der Waals surface area contributed by atoms with Gasteiger partial charge < -0.3 is 10.4 Å². The number of aliphatic hydroxyl groups is 1. The lowest BCUT2D eigenvalue weighted by atomic mass is 9.91. The molecular weight excluding hydrogens is 230 g/mol. The monoisotopic (exact) mass is 253 g/mol. The summed E-state index contributed by atoms with van der Waals surface area (Å²) in [6, 6.07) is 5.24. The second kappa shape index (κ2) is 5.98. The van der Waals surface area contributed by atoms with Crippen LogP contribution in [0.15, 0.2) is 17.5 Å². The molecule has 2 nitrogen and oxygen atoms in total. The molecule has 1 heterocycles. The zero-order valence-corrected chi connectivity index (χ0v) is 11.5. The first-order chi connectivity index (χ1) is 8.16. The van der Waals surface area contributed by atoms with E-state index in [2.05, 4.69) is 36.7 Å². The molecule has 0 aliphatic heterocycles. The van der Waals surface area contributed by atoms with E-state index in [9.17, 15) is 5.11 Å². The van der Waals surface area contributed by atoms with Gasteiger partial charge in [-0.25, -0.2) is 0 Å². The smallest absolute Gasteiger partial charge is 0.0555 e. The van der Waals surface area contributed by atoms with Crippen molar-refractivity contribution in [2.75, 3.05) is 0 Å². The topological polar surface area (TPSA) is 32.3 Å². The molecule has 17 heavy (non-hydrogen) atoms. The third kappa shape index (κ3) is 3.54. The molecule has 0 aromatic carbocycles. The van der Waals surface area contributed by atoms with Crippen LogP contribution in [0.5, 0.6) is 0 Å². The highest BCUT2D eigenvalue weighted by atomic mass is 32.1.